The van der Waals surface area contributed by atoms with E-state index < -0.39 is 5.54 Å². The summed E-state index contributed by atoms with van der Waals surface area (Å²) in [5.41, 5.74) is 5.85. The Labute approximate surface area is 105 Å². The van der Waals surface area contributed by atoms with Crippen LogP contribution in [0.15, 0.2) is 28.7 Å². The van der Waals surface area contributed by atoms with E-state index in [9.17, 15) is 4.79 Å². The van der Waals surface area contributed by atoms with E-state index in [1.807, 2.05) is 38.1 Å². The highest BCUT2D eigenvalue weighted by Crippen LogP contribution is 2.14. The van der Waals surface area contributed by atoms with Gasteiger partial charge in [-0.05, 0) is 31.0 Å². The van der Waals surface area contributed by atoms with Crippen molar-refractivity contribution in [3.8, 4) is 0 Å². The Bertz CT molecular complexity index is 381. The molecule has 1 rings (SSSR count). The van der Waals surface area contributed by atoms with Gasteiger partial charge in [-0.15, -0.1) is 0 Å². The summed E-state index contributed by atoms with van der Waals surface area (Å²) in [7, 11) is 0. The minimum absolute atomic E-state index is 0.315. The Hall–Kier alpha value is -0.870. The van der Waals surface area contributed by atoms with Crippen molar-refractivity contribution in [3.05, 3.63) is 34.3 Å². The fraction of sp³-hybridized carbons (Fsp3) is 0.417. The van der Waals surface area contributed by atoms with Gasteiger partial charge in [0.2, 0.25) is 5.91 Å². The third kappa shape index (κ3) is 3.32. The van der Waals surface area contributed by atoms with Gasteiger partial charge in [0.05, 0.1) is 5.54 Å². The topological polar surface area (TPSA) is 55.1 Å². The summed E-state index contributed by atoms with van der Waals surface area (Å²) in [6.07, 6.45) is 0.677. The Kier molecular flexibility index (Phi) is 4.50. The van der Waals surface area contributed by atoms with Gasteiger partial charge >= 0.3 is 0 Å². The molecule has 16 heavy (non-hydrogen) atoms. The van der Waals surface area contributed by atoms with Crippen molar-refractivity contribution in [3.63, 3.8) is 0 Å². The van der Waals surface area contributed by atoms with Gasteiger partial charge in [0.15, 0.2) is 0 Å². The number of hydrogen-bond acceptors (Lipinski definition) is 2. The molecular formula is C12H17BrN2O. The summed E-state index contributed by atoms with van der Waals surface area (Å²) in [5.74, 6) is -0.315. The van der Waals surface area contributed by atoms with Crippen LogP contribution in [0.5, 0.6) is 0 Å². The monoisotopic (exact) mass is 284 g/mol. The van der Waals surface area contributed by atoms with Gasteiger partial charge < -0.3 is 5.73 Å². The molecule has 0 bridgehead atoms. The minimum Gasteiger partial charge on any atom is -0.368 e. The van der Waals surface area contributed by atoms with E-state index in [0.29, 0.717) is 13.0 Å². The fourth-order valence-corrected chi connectivity index (χ4v) is 1.78. The van der Waals surface area contributed by atoms with Crippen LogP contribution in [0.25, 0.3) is 0 Å². The van der Waals surface area contributed by atoms with E-state index in [-0.39, 0.29) is 5.91 Å². The molecule has 0 aromatic heterocycles. The van der Waals surface area contributed by atoms with Crippen molar-refractivity contribution in [2.24, 2.45) is 5.73 Å². The number of carbonyl (C=O) groups excluding carboxylic acids is 1. The average molecular weight is 285 g/mol. The molecule has 1 aromatic carbocycles. The van der Waals surface area contributed by atoms with Crippen LogP contribution in [0.2, 0.25) is 0 Å². The molecule has 0 fully saturated rings. The number of nitrogens with two attached hydrogens (primary N) is 1. The van der Waals surface area contributed by atoms with E-state index in [4.69, 9.17) is 5.73 Å². The quantitative estimate of drug-likeness (QED) is 0.871. The zero-order valence-corrected chi connectivity index (χ0v) is 11.2. The molecule has 1 amide bonds. The number of primary amides is 1. The van der Waals surface area contributed by atoms with Gasteiger partial charge in [0.1, 0.15) is 0 Å². The van der Waals surface area contributed by atoms with Gasteiger partial charge in [0, 0.05) is 11.0 Å². The highest BCUT2D eigenvalue weighted by atomic mass is 79.9. The van der Waals surface area contributed by atoms with Crippen molar-refractivity contribution in [2.45, 2.75) is 32.4 Å². The molecular weight excluding hydrogens is 268 g/mol. The maximum atomic E-state index is 11.3. The average Bonchev–Trinajstić information content (AvgIpc) is 2.26. The first-order valence-electron chi connectivity index (χ1n) is 5.27. The van der Waals surface area contributed by atoms with Crippen molar-refractivity contribution < 1.29 is 4.79 Å². The summed E-state index contributed by atoms with van der Waals surface area (Å²) in [4.78, 5) is 11.3. The highest BCUT2D eigenvalue weighted by molar-refractivity contribution is 9.10. The van der Waals surface area contributed by atoms with Crippen LogP contribution < -0.4 is 11.1 Å². The Morgan fingerprint density at radius 1 is 1.56 bits per heavy atom. The Morgan fingerprint density at radius 2 is 2.25 bits per heavy atom. The SMILES string of the molecule is CC[C@@](C)(NCc1cccc(Br)c1)C(N)=O. The summed E-state index contributed by atoms with van der Waals surface area (Å²) in [6.45, 7) is 4.40. The molecule has 1 aromatic rings. The first-order chi connectivity index (χ1) is 7.48. The minimum atomic E-state index is -0.637. The van der Waals surface area contributed by atoms with E-state index >= 15 is 0 Å². The van der Waals surface area contributed by atoms with E-state index in [2.05, 4.69) is 21.2 Å². The third-order valence-electron chi connectivity index (χ3n) is 2.82. The van der Waals surface area contributed by atoms with Gasteiger partial charge in [-0.1, -0.05) is 35.0 Å². The maximum absolute atomic E-state index is 11.3. The highest BCUT2D eigenvalue weighted by Gasteiger charge is 2.27. The second kappa shape index (κ2) is 5.46. The van der Waals surface area contributed by atoms with Gasteiger partial charge in [-0.25, -0.2) is 0 Å². The standard InChI is InChI=1S/C12H17BrN2O/c1-3-12(2,11(14)16)15-8-9-5-4-6-10(13)7-9/h4-7,15H,3,8H2,1-2H3,(H2,14,16)/t12-/m1/s1. The molecule has 0 saturated carbocycles. The van der Waals surface area contributed by atoms with E-state index in [1.165, 1.54) is 0 Å². The zero-order chi connectivity index (χ0) is 12.2. The molecule has 0 saturated heterocycles. The Balaban J connectivity index is 2.66. The van der Waals surface area contributed by atoms with Crippen molar-refractivity contribution in [1.29, 1.82) is 0 Å². The fourth-order valence-electron chi connectivity index (χ4n) is 1.33. The molecule has 0 aliphatic heterocycles. The van der Waals surface area contributed by atoms with Crippen LogP contribution >= 0.6 is 15.9 Å². The van der Waals surface area contributed by atoms with Crippen LogP contribution in [0, 0.1) is 0 Å². The second-order valence-electron chi connectivity index (χ2n) is 4.03. The number of rotatable bonds is 5. The molecule has 1 atom stereocenters. The summed E-state index contributed by atoms with van der Waals surface area (Å²) in [5, 5.41) is 3.19. The first kappa shape index (κ1) is 13.2. The van der Waals surface area contributed by atoms with Crippen LogP contribution in [-0.4, -0.2) is 11.4 Å². The smallest absolute Gasteiger partial charge is 0.237 e. The molecule has 0 spiro atoms. The lowest BCUT2D eigenvalue weighted by Gasteiger charge is -2.26. The lowest BCUT2D eigenvalue weighted by atomic mass is 9.98. The molecule has 4 heteroatoms. The van der Waals surface area contributed by atoms with Crippen LogP contribution in [0.4, 0.5) is 0 Å². The molecule has 88 valence electrons. The van der Waals surface area contributed by atoms with Crippen LogP contribution in [0.3, 0.4) is 0 Å². The van der Waals surface area contributed by atoms with E-state index in [1.54, 1.807) is 0 Å². The van der Waals surface area contributed by atoms with Gasteiger partial charge in [0.25, 0.3) is 0 Å². The predicted octanol–water partition coefficient (Wildman–Crippen LogP) is 2.19. The number of amides is 1. The number of benzene rings is 1. The summed E-state index contributed by atoms with van der Waals surface area (Å²) in [6, 6.07) is 7.96. The van der Waals surface area contributed by atoms with Crippen molar-refractivity contribution in [1.82, 2.24) is 5.32 Å². The molecule has 0 aliphatic rings. The van der Waals surface area contributed by atoms with Gasteiger partial charge in [-0.2, -0.15) is 0 Å². The molecule has 0 heterocycles. The maximum Gasteiger partial charge on any atom is 0.237 e. The normalized spacial score (nSPS) is 14.4. The molecule has 0 aliphatic carbocycles. The summed E-state index contributed by atoms with van der Waals surface area (Å²) >= 11 is 3.41. The molecule has 3 nitrogen and oxygen atoms in total. The largest absolute Gasteiger partial charge is 0.368 e. The number of nitrogens with one attached hydrogen (secondary N) is 1. The van der Waals surface area contributed by atoms with Crippen LogP contribution in [0.1, 0.15) is 25.8 Å². The lowest BCUT2D eigenvalue weighted by Crippen LogP contribution is -2.52. The van der Waals surface area contributed by atoms with Crippen LogP contribution in [-0.2, 0) is 11.3 Å². The predicted molar refractivity (Wildman–Crippen MR) is 68.9 cm³/mol. The van der Waals surface area contributed by atoms with Gasteiger partial charge in [-0.3, -0.25) is 10.1 Å². The number of halogens is 1. The Morgan fingerprint density at radius 3 is 2.75 bits per heavy atom. The third-order valence-corrected chi connectivity index (χ3v) is 3.32. The number of carbonyl (C=O) groups is 1. The summed E-state index contributed by atoms with van der Waals surface area (Å²) < 4.78 is 1.03. The first-order valence-corrected chi connectivity index (χ1v) is 6.06. The lowest BCUT2D eigenvalue weighted by molar-refractivity contribution is -0.124. The van der Waals surface area contributed by atoms with Crippen molar-refractivity contribution in [2.75, 3.05) is 0 Å². The molecule has 0 unspecified atom stereocenters. The molecule has 0 radical (unpaired) electrons. The zero-order valence-electron chi connectivity index (χ0n) is 9.59. The number of hydrogen-bond donors (Lipinski definition) is 2. The molecule has 3 N–H and O–H groups in total. The van der Waals surface area contributed by atoms with E-state index in [0.717, 1.165) is 10.0 Å². The van der Waals surface area contributed by atoms with Crippen molar-refractivity contribution >= 4 is 21.8 Å². The second-order valence-corrected chi connectivity index (χ2v) is 4.95.